The molecule has 1 heterocycles. The van der Waals surface area contributed by atoms with Crippen molar-refractivity contribution in [1.29, 1.82) is 0 Å². The second-order valence-corrected chi connectivity index (χ2v) is 7.49. The van der Waals surface area contributed by atoms with E-state index in [1.165, 1.54) is 5.56 Å². The van der Waals surface area contributed by atoms with Crippen molar-refractivity contribution < 1.29 is 4.79 Å². The Kier molecular flexibility index (Phi) is 6.24. The summed E-state index contributed by atoms with van der Waals surface area (Å²) < 4.78 is 0. The molecule has 1 saturated heterocycles. The average Bonchev–Trinajstić information content (AvgIpc) is 2.59. The molecule has 132 valence electrons. The molecule has 3 rings (SSSR count). The summed E-state index contributed by atoms with van der Waals surface area (Å²) in [6.45, 7) is 2.62. The van der Waals surface area contributed by atoms with Gasteiger partial charge in [0.15, 0.2) is 0 Å². The Balaban J connectivity index is 1.53. The van der Waals surface area contributed by atoms with Gasteiger partial charge in [0, 0.05) is 17.5 Å². The molecular weight excluding hydrogens is 379 g/mol. The summed E-state index contributed by atoms with van der Waals surface area (Å²) in [4.78, 5) is 14.8. The number of hydrogen-bond acceptors (Lipinski definition) is 2. The normalized spacial score (nSPS) is 16.0. The van der Waals surface area contributed by atoms with Crippen molar-refractivity contribution in [3.05, 3.63) is 63.1 Å². The van der Waals surface area contributed by atoms with Crippen LogP contribution in [0.25, 0.3) is 0 Å². The lowest BCUT2D eigenvalue weighted by atomic mass is 9.95. The fraction of sp³-hybridized carbons (Fsp3) is 0.316. The number of amides is 1. The summed E-state index contributed by atoms with van der Waals surface area (Å²) in [7, 11) is 0. The molecule has 0 atom stereocenters. The zero-order valence-electron chi connectivity index (χ0n) is 13.6. The fourth-order valence-electron chi connectivity index (χ4n) is 3.08. The second-order valence-electron chi connectivity index (χ2n) is 6.27. The Hall–Kier alpha value is -1.26. The van der Waals surface area contributed by atoms with Gasteiger partial charge in [0.25, 0.3) is 0 Å². The smallest absolute Gasteiger partial charge is 0.227 e. The number of nitrogens with one attached hydrogen (secondary N) is 1. The largest absolute Gasteiger partial charge is 0.324 e. The molecule has 0 radical (unpaired) electrons. The van der Waals surface area contributed by atoms with Crippen LogP contribution in [0.1, 0.15) is 18.4 Å². The molecule has 1 aliphatic rings. The highest BCUT2D eigenvalue weighted by Crippen LogP contribution is 2.30. The molecule has 0 saturated carbocycles. The standard InChI is InChI=1S/C19H19Cl3N2O/c20-15-4-1-3-13(11-15)12-24-9-7-14(8-10-24)19(25)23-17-6-2-5-16(21)18(17)22/h1-6,11,14H,7-10,12H2,(H,23,25). The third-order valence-electron chi connectivity index (χ3n) is 4.46. The minimum absolute atomic E-state index is 0.00609. The number of hydrogen-bond donors (Lipinski definition) is 1. The number of piperidine rings is 1. The topological polar surface area (TPSA) is 32.3 Å². The number of halogens is 3. The second kappa shape index (κ2) is 8.41. The van der Waals surface area contributed by atoms with E-state index in [-0.39, 0.29) is 11.8 Å². The molecule has 3 nitrogen and oxygen atoms in total. The van der Waals surface area contributed by atoms with Gasteiger partial charge in [-0.3, -0.25) is 9.69 Å². The summed E-state index contributed by atoms with van der Waals surface area (Å²) in [5, 5.41) is 4.48. The first-order valence-electron chi connectivity index (χ1n) is 8.24. The highest BCUT2D eigenvalue weighted by atomic mass is 35.5. The molecule has 1 aliphatic heterocycles. The first-order chi connectivity index (χ1) is 12.0. The van der Waals surface area contributed by atoms with Crippen molar-refractivity contribution >= 4 is 46.4 Å². The van der Waals surface area contributed by atoms with Crippen molar-refractivity contribution in [2.45, 2.75) is 19.4 Å². The molecule has 0 aromatic heterocycles. The van der Waals surface area contributed by atoms with Gasteiger partial charge < -0.3 is 5.32 Å². The third kappa shape index (κ3) is 4.89. The monoisotopic (exact) mass is 396 g/mol. The quantitative estimate of drug-likeness (QED) is 0.739. The maximum absolute atomic E-state index is 12.5. The first-order valence-corrected chi connectivity index (χ1v) is 9.38. The first kappa shape index (κ1) is 18.5. The minimum Gasteiger partial charge on any atom is -0.324 e. The van der Waals surface area contributed by atoms with E-state index in [2.05, 4.69) is 16.3 Å². The van der Waals surface area contributed by atoms with E-state index in [0.717, 1.165) is 37.5 Å². The van der Waals surface area contributed by atoms with Crippen molar-refractivity contribution in [3.63, 3.8) is 0 Å². The molecule has 1 N–H and O–H groups in total. The zero-order chi connectivity index (χ0) is 17.8. The Labute approximate surface area is 162 Å². The van der Waals surface area contributed by atoms with Gasteiger partial charge in [0.2, 0.25) is 5.91 Å². The molecule has 25 heavy (non-hydrogen) atoms. The molecule has 2 aromatic carbocycles. The molecule has 0 aliphatic carbocycles. The number of nitrogens with zero attached hydrogens (tertiary/aromatic N) is 1. The Morgan fingerprint density at radius 1 is 1.08 bits per heavy atom. The van der Waals surface area contributed by atoms with Gasteiger partial charge in [-0.25, -0.2) is 0 Å². The molecule has 1 amide bonds. The molecule has 2 aromatic rings. The van der Waals surface area contributed by atoms with Crippen LogP contribution >= 0.6 is 34.8 Å². The van der Waals surface area contributed by atoms with Gasteiger partial charge >= 0.3 is 0 Å². The average molecular weight is 398 g/mol. The van der Waals surface area contributed by atoms with E-state index < -0.39 is 0 Å². The number of carbonyl (C=O) groups excluding carboxylic acids is 1. The van der Waals surface area contributed by atoms with E-state index in [0.29, 0.717) is 15.7 Å². The predicted molar refractivity (Wildman–Crippen MR) is 105 cm³/mol. The van der Waals surface area contributed by atoms with E-state index in [9.17, 15) is 4.79 Å². The minimum atomic E-state index is -0.00865. The van der Waals surface area contributed by atoms with Crippen molar-refractivity contribution in [2.75, 3.05) is 18.4 Å². The van der Waals surface area contributed by atoms with Crippen LogP contribution in [-0.2, 0) is 11.3 Å². The summed E-state index contributed by atoms with van der Waals surface area (Å²) in [5.41, 5.74) is 1.77. The number of rotatable bonds is 4. The SMILES string of the molecule is O=C(Nc1cccc(Cl)c1Cl)C1CCN(Cc2cccc(Cl)c2)CC1. The van der Waals surface area contributed by atoms with Crippen molar-refractivity contribution in [3.8, 4) is 0 Å². The molecule has 0 bridgehead atoms. The highest BCUT2D eigenvalue weighted by molar-refractivity contribution is 6.44. The Morgan fingerprint density at radius 3 is 2.52 bits per heavy atom. The van der Waals surface area contributed by atoms with Gasteiger partial charge in [-0.2, -0.15) is 0 Å². The molecule has 6 heteroatoms. The maximum Gasteiger partial charge on any atom is 0.227 e. The zero-order valence-corrected chi connectivity index (χ0v) is 15.9. The molecule has 1 fully saturated rings. The highest BCUT2D eigenvalue weighted by Gasteiger charge is 2.25. The van der Waals surface area contributed by atoms with Crippen LogP contribution in [0.4, 0.5) is 5.69 Å². The van der Waals surface area contributed by atoms with E-state index >= 15 is 0 Å². The maximum atomic E-state index is 12.5. The van der Waals surface area contributed by atoms with Crippen LogP contribution in [0, 0.1) is 5.92 Å². The summed E-state index contributed by atoms with van der Waals surface area (Å²) in [5.74, 6) is -0.00256. The van der Waals surface area contributed by atoms with Crippen LogP contribution < -0.4 is 5.32 Å². The lowest BCUT2D eigenvalue weighted by Crippen LogP contribution is -2.37. The van der Waals surface area contributed by atoms with Crippen LogP contribution in [0.5, 0.6) is 0 Å². The summed E-state index contributed by atoms with van der Waals surface area (Å²) in [6.07, 6.45) is 1.65. The lowest BCUT2D eigenvalue weighted by molar-refractivity contribution is -0.121. The molecule has 0 spiro atoms. The fourth-order valence-corrected chi connectivity index (χ4v) is 3.64. The Morgan fingerprint density at radius 2 is 1.80 bits per heavy atom. The van der Waals surface area contributed by atoms with Crippen LogP contribution in [0.15, 0.2) is 42.5 Å². The van der Waals surface area contributed by atoms with Gasteiger partial charge in [-0.1, -0.05) is 53.0 Å². The number of likely N-dealkylation sites (tertiary alicyclic amines) is 1. The van der Waals surface area contributed by atoms with Gasteiger partial charge in [-0.15, -0.1) is 0 Å². The van der Waals surface area contributed by atoms with Crippen LogP contribution in [-0.4, -0.2) is 23.9 Å². The number of anilines is 1. The van der Waals surface area contributed by atoms with Crippen molar-refractivity contribution in [1.82, 2.24) is 4.90 Å². The molecular formula is C19H19Cl3N2O. The summed E-state index contributed by atoms with van der Waals surface area (Å²) >= 11 is 18.2. The van der Waals surface area contributed by atoms with Crippen LogP contribution in [0.3, 0.4) is 0 Å². The van der Waals surface area contributed by atoms with Gasteiger partial charge in [0.05, 0.1) is 15.7 Å². The summed E-state index contributed by atoms with van der Waals surface area (Å²) in [6, 6.07) is 13.1. The van der Waals surface area contributed by atoms with Crippen molar-refractivity contribution in [2.24, 2.45) is 5.92 Å². The number of carbonyl (C=O) groups is 1. The van der Waals surface area contributed by atoms with E-state index in [1.54, 1.807) is 18.2 Å². The van der Waals surface area contributed by atoms with Gasteiger partial charge in [0.1, 0.15) is 0 Å². The van der Waals surface area contributed by atoms with Gasteiger partial charge in [-0.05, 0) is 55.8 Å². The number of benzene rings is 2. The Bertz CT molecular complexity index is 758. The third-order valence-corrected chi connectivity index (χ3v) is 5.52. The predicted octanol–water partition coefficient (Wildman–Crippen LogP) is 5.50. The lowest BCUT2D eigenvalue weighted by Gasteiger charge is -2.31. The van der Waals surface area contributed by atoms with E-state index in [4.69, 9.17) is 34.8 Å². The van der Waals surface area contributed by atoms with Crippen LogP contribution in [0.2, 0.25) is 15.1 Å². The van der Waals surface area contributed by atoms with E-state index in [1.807, 2.05) is 18.2 Å². The molecule has 0 unspecified atom stereocenters.